The van der Waals surface area contributed by atoms with E-state index in [-0.39, 0.29) is 5.75 Å². The van der Waals surface area contributed by atoms with Crippen molar-refractivity contribution in [1.82, 2.24) is 0 Å². The third kappa shape index (κ3) is 2.72. The van der Waals surface area contributed by atoms with E-state index in [2.05, 4.69) is 0 Å². The van der Waals surface area contributed by atoms with Crippen LogP contribution in [0.3, 0.4) is 0 Å². The van der Waals surface area contributed by atoms with Gasteiger partial charge in [-0.2, -0.15) is 0 Å². The van der Waals surface area contributed by atoms with Crippen molar-refractivity contribution in [2.45, 2.75) is 5.75 Å². The van der Waals surface area contributed by atoms with E-state index in [1.807, 2.05) is 36.4 Å². The molecule has 88 valence electrons. The number of para-hydroxylation sites is 1. The van der Waals surface area contributed by atoms with Crippen LogP contribution in [0.15, 0.2) is 48.5 Å². The smallest absolute Gasteiger partial charge is 0.0393 e. The summed E-state index contributed by atoms with van der Waals surface area (Å²) in [4.78, 5) is 0. The number of hydrogen-bond acceptors (Lipinski definition) is 3. The van der Waals surface area contributed by atoms with E-state index in [0.29, 0.717) is 5.69 Å². The monoisotopic (exact) mass is 246 g/mol. The summed E-state index contributed by atoms with van der Waals surface area (Å²) in [5.41, 5.74) is 9.05. The van der Waals surface area contributed by atoms with Gasteiger partial charge in [-0.1, -0.05) is 53.5 Å². The molecule has 0 aliphatic heterocycles. The first kappa shape index (κ1) is 11.8. The highest BCUT2D eigenvalue weighted by molar-refractivity contribution is 7.78. The van der Waals surface area contributed by atoms with Crippen molar-refractivity contribution in [2.24, 2.45) is 0 Å². The van der Waals surface area contributed by atoms with Gasteiger partial charge in [0, 0.05) is 17.0 Å². The van der Waals surface area contributed by atoms with Gasteiger partial charge < -0.3 is 10.3 Å². The van der Waals surface area contributed by atoms with Crippen LogP contribution in [-0.4, -0.2) is 8.76 Å². The Morgan fingerprint density at radius 3 is 2.24 bits per heavy atom. The summed E-state index contributed by atoms with van der Waals surface area (Å²) in [5.74, 6) is 0.00447. The molecule has 0 aliphatic rings. The van der Waals surface area contributed by atoms with Crippen molar-refractivity contribution in [3.63, 3.8) is 0 Å². The molecule has 0 heterocycles. The van der Waals surface area contributed by atoms with Crippen molar-refractivity contribution in [1.29, 1.82) is 0 Å². The van der Waals surface area contributed by atoms with Crippen molar-refractivity contribution >= 4 is 16.8 Å². The van der Waals surface area contributed by atoms with Crippen LogP contribution in [0, 0.1) is 0 Å². The number of anilines is 1. The first-order chi connectivity index (χ1) is 8.18. The zero-order valence-corrected chi connectivity index (χ0v) is 9.94. The van der Waals surface area contributed by atoms with E-state index in [9.17, 15) is 8.76 Å². The van der Waals surface area contributed by atoms with Crippen molar-refractivity contribution < 1.29 is 8.76 Å². The number of rotatable bonds is 3. The molecule has 4 heteroatoms. The molecule has 1 atom stereocenters. The molecule has 2 N–H and O–H groups in total. The Bertz CT molecular complexity index is 555. The fourth-order valence-corrected chi connectivity index (χ4v) is 2.28. The third-order valence-corrected chi connectivity index (χ3v) is 3.09. The molecule has 0 aliphatic carbocycles. The van der Waals surface area contributed by atoms with Gasteiger partial charge in [0.2, 0.25) is 0 Å². The topological polar surface area (TPSA) is 66.2 Å². The summed E-state index contributed by atoms with van der Waals surface area (Å²) in [6, 6.07) is 14.8. The largest absolute Gasteiger partial charge is 0.772 e. The van der Waals surface area contributed by atoms with E-state index < -0.39 is 11.1 Å². The van der Waals surface area contributed by atoms with Gasteiger partial charge in [-0.25, -0.2) is 0 Å². The van der Waals surface area contributed by atoms with Crippen molar-refractivity contribution in [2.75, 3.05) is 5.73 Å². The molecule has 0 spiro atoms. The van der Waals surface area contributed by atoms with Crippen LogP contribution in [0.25, 0.3) is 11.1 Å². The third-order valence-electron chi connectivity index (χ3n) is 2.54. The lowest BCUT2D eigenvalue weighted by Gasteiger charge is -2.12. The van der Waals surface area contributed by atoms with Crippen molar-refractivity contribution in [3.05, 3.63) is 54.1 Å². The van der Waals surface area contributed by atoms with Gasteiger partial charge in [-0.3, -0.25) is 4.21 Å². The van der Waals surface area contributed by atoms with Gasteiger partial charge in [0.25, 0.3) is 0 Å². The van der Waals surface area contributed by atoms with Gasteiger partial charge in [-0.05, 0) is 17.2 Å². The lowest BCUT2D eigenvalue weighted by molar-refractivity contribution is 0.536. The zero-order valence-electron chi connectivity index (χ0n) is 9.13. The molecule has 0 saturated heterocycles. The van der Waals surface area contributed by atoms with E-state index in [1.165, 1.54) is 0 Å². The number of nitrogen functional groups attached to an aromatic ring is 1. The lowest BCUT2D eigenvalue weighted by atomic mass is 9.99. The minimum absolute atomic E-state index is 0.00447. The second-order valence-corrected chi connectivity index (χ2v) is 4.59. The fraction of sp³-hybridized carbons (Fsp3) is 0.0769. The number of nitrogens with two attached hydrogens (primary N) is 1. The second kappa shape index (κ2) is 5.12. The highest BCUT2D eigenvalue weighted by atomic mass is 32.2. The van der Waals surface area contributed by atoms with E-state index >= 15 is 0 Å². The normalized spacial score (nSPS) is 12.3. The highest BCUT2D eigenvalue weighted by Gasteiger charge is 2.06. The first-order valence-corrected chi connectivity index (χ1v) is 6.41. The minimum Gasteiger partial charge on any atom is -0.772 e. The minimum atomic E-state index is -2.10. The Morgan fingerprint density at radius 1 is 1.00 bits per heavy atom. The van der Waals surface area contributed by atoms with Crippen molar-refractivity contribution in [3.8, 4) is 11.1 Å². The molecule has 2 aromatic rings. The van der Waals surface area contributed by atoms with Crippen LogP contribution in [0.1, 0.15) is 5.56 Å². The summed E-state index contributed by atoms with van der Waals surface area (Å²) >= 11 is -2.10. The maximum atomic E-state index is 10.8. The fourth-order valence-electron chi connectivity index (χ4n) is 1.78. The molecule has 0 aromatic heterocycles. The Balaban J connectivity index is 2.52. The first-order valence-electron chi connectivity index (χ1n) is 5.17. The molecular weight excluding hydrogens is 234 g/mol. The second-order valence-electron chi connectivity index (χ2n) is 3.69. The molecule has 0 amide bonds. The van der Waals surface area contributed by atoms with Gasteiger partial charge >= 0.3 is 0 Å². The van der Waals surface area contributed by atoms with E-state index in [0.717, 1.165) is 16.7 Å². The highest BCUT2D eigenvalue weighted by Crippen LogP contribution is 2.29. The summed E-state index contributed by atoms with van der Waals surface area (Å²) in [7, 11) is 0. The summed E-state index contributed by atoms with van der Waals surface area (Å²) in [6.45, 7) is 0. The number of benzene rings is 2. The standard InChI is InChI=1S/C13H13NO2S/c14-13-8-4-3-7-12(13)11-6-2-1-5-10(11)9-17(15)16/h1-8H,9,14H2,(H,15,16)/p-1. The quantitative estimate of drug-likeness (QED) is 0.667. The summed E-state index contributed by atoms with van der Waals surface area (Å²) in [5, 5.41) is 0. The lowest BCUT2D eigenvalue weighted by Crippen LogP contribution is -1.98. The molecule has 0 bridgehead atoms. The van der Waals surface area contributed by atoms with Gasteiger partial charge in [0.05, 0.1) is 0 Å². The molecular formula is C13H12NO2S-. The Kier molecular flexibility index (Phi) is 3.56. The van der Waals surface area contributed by atoms with Crippen LogP contribution in [0.5, 0.6) is 0 Å². The van der Waals surface area contributed by atoms with Gasteiger partial charge in [0.15, 0.2) is 0 Å². The predicted molar refractivity (Wildman–Crippen MR) is 68.9 cm³/mol. The molecule has 17 heavy (non-hydrogen) atoms. The van der Waals surface area contributed by atoms with Crippen LogP contribution < -0.4 is 5.73 Å². The average molecular weight is 246 g/mol. The van der Waals surface area contributed by atoms with E-state index in [4.69, 9.17) is 5.73 Å². The Hall–Kier alpha value is -1.65. The van der Waals surface area contributed by atoms with E-state index in [1.54, 1.807) is 12.1 Å². The maximum absolute atomic E-state index is 10.8. The number of hydrogen-bond donors (Lipinski definition) is 1. The summed E-state index contributed by atoms with van der Waals surface area (Å²) in [6.07, 6.45) is 0. The Morgan fingerprint density at radius 2 is 1.59 bits per heavy atom. The van der Waals surface area contributed by atoms with Crippen LogP contribution in [0.4, 0.5) is 5.69 Å². The molecule has 2 aromatic carbocycles. The molecule has 0 saturated carbocycles. The molecule has 0 fully saturated rings. The van der Waals surface area contributed by atoms with Crippen LogP contribution in [0.2, 0.25) is 0 Å². The molecule has 3 nitrogen and oxygen atoms in total. The summed E-state index contributed by atoms with van der Waals surface area (Å²) < 4.78 is 21.6. The molecule has 1 unspecified atom stereocenters. The predicted octanol–water partition coefficient (Wildman–Crippen LogP) is 2.31. The average Bonchev–Trinajstić information content (AvgIpc) is 2.30. The maximum Gasteiger partial charge on any atom is 0.0393 e. The SMILES string of the molecule is Nc1ccccc1-c1ccccc1CS(=O)[O-]. The van der Waals surface area contributed by atoms with Crippen LogP contribution in [-0.2, 0) is 16.8 Å². The zero-order chi connectivity index (χ0) is 12.3. The van der Waals surface area contributed by atoms with Gasteiger partial charge in [-0.15, -0.1) is 0 Å². The molecule has 2 rings (SSSR count). The molecule has 0 radical (unpaired) electrons. The van der Waals surface area contributed by atoms with Gasteiger partial charge in [0.1, 0.15) is 0 Å². The van der Waals surface area contributed by atoms with Crippen LogP contribution >= 0.6 is 0 Å². The Labute approximate surface area is 103 Å².